The van der Waals surface area contributed by atoms with Crippen molar-refractivity contribution in [3.63, 3.8) is 0 Å². The fraction of sp³-hybridized carbons (Fsp3) is 0.556. The number of rotatable bonds is 3. The van der Waals surface area contributed by atoms with Crippen molar-refractivity contribution < 1.29 is 9.21 Å². The van der Waals surface area contributed by atoms with Gasteiger partial charge in [-0.3, -0.25) is 14.3 Å². The van der Waals surface area contributed by atoms with Gasteiger partial charge in [-0.2, -0.15) is 0 Å². The quantitative estimate of drug-likeness (QED) is 0.840. The second-order valence-corrected chi connectivity index (χ2v) is 7.41. The largest absolute Gasteiger partial charge is 0.420 e. The van der Waals surface area contributed by atoms with Gasteiger partial charge in [-0.15, -0.1) is 0 Å². The Balaban J connectivity index is 1.53. The molecule has 0 radical (unpaired) electrons. The monoisotopic (exact) mass is 363 g/mol. The third-order valence-electron chi connectivity index (χ3n) is 5.24. The number of likely N-dealkylation sites (tertiary alicyclic amines) is 2. The Labute approximate surface area is 150 Å². The summed E-state index contributed by atoms with van der Waals surface area (Å²) in [7, 11) is 0. The van der Waals surface area contributed by atoms with Crippen LogP contribution in [-0.2, 0) is 4.79 Å². The van der Waals surface area contributed by atoms with Gasteiger partial charge in [0.25, 0.3) is 0 Å². The molecule has 2 aromatic rings. The van der Waals surface area contributed by atoms with Crippen molar-refractivity contribution in [1.29, 1.82) is 0 Å². The standard InChI is InChI=1S/C18H22ClN3O3/c19-13-5-6-16-15(10-13)22(18(24)25-16)14-4-3-7-20(11-14)12-17(23)21-8-1-2-9-21/h5-6,10,14H,1-4,7-9,11-12H2. The van der Waals surface area contributed by atoms with Gasteiger partial charge in [-0.1, -0.05) is 11.6 Å². The minimum atomic E-state index is -0.352. The minimum Gasteiger partial charge on any atom is -0.408 e. The maximum Gasteiger partial charge on any atom is 0.420 e. The molecule has 1 atom stereocenters. The molecule has 0 saturated carbocycles. The Morgan fingerprint density at radius 1 is 1.20 bits per heavy atom. The van der Waals surface area contributed by atoms with Gasteiger partial charge in [-0.05, 0) is 50.4 Å². The molecule has 0 spiro atoms. The molecule has 2 saturated heterocycles. The molecule has 1 amide bonds. The van der Waals surface area contributed by atoms with E-state index in [1.165, 1.54) is 0 Å². The first-order chi connectivity index (χ1) is 12.1. The number of amides is 1. The predicted molar refractivity (Wildman–Crippen MR) is 96.0 cm³/mol. The summed E-state index contributed by atoms with van der Waals surface area (Å²) in [6, 6.07) is 5.23. The Morgan fingerprint density at radius 2 is 2.00 bits per heavy atom. The summed E-state index contributed by atoms with van der Waals surface area (Å²) < 4.78 is 7.06. The van der Waals surface area contributed by atoms with Gasteiger partial charge in [0.05, 0.1) is 18.1 Å². The van der Waals surface area contributed by atoms with Crippen LogP contribution in [0.3, 0.4) is 0 Å². The number of oxazole rings is 1. The van der Waals surface area contributed by atoms with Gasteiger partial charge < -0.3 is 9.32 Å². The molecule has 1 unspecified atom stereocenters. The van der Waals surface area contributed by atoms with E-state index in [9.17, 15) is 9.59 Å². The Kier molecular flexibility index (Phi) is 4.56. The summed E-state index contributed by atoms with van der Waals surface area (Å²) >= 11 is 6.09. The van der Waals surface area contributed by atoms with Crippen molar-refractivity contribution in [2.24, 2.45) is 0 Å². The molecular formula is C18H22ClN3O3. The van der Waals surface area contributed by atoms with Gasteiger partial charge in [0, 0.05) is 24.7 Å². The Morgan fingerprint density at radius 3 is 2.80 bits per heavy atom. The zero-order chi connectivity index (χ0) is 17.4. The summed E-state index contributed by atoms with van der Waals surface area (Å²) in [5, 5.41) is 0.582. The number of halogens is 1. The van der Waals surface area contributed by atoms with Crippen molar-refractivity contribution in [1.82, 2.24) is 14.4 Å². The molecule has 2 fully saturated rings. The van der Waals surface area contributed by atoms with Crippen molar-refractivity contribution in [2.75, 3.05) is 32.7 Å². The SMILES string of the molecule is O=C(CN1CCCC(n2c(=O)oc3ccc(Cl)cc32)C1)N1CCCC1. The molecule has 3 heterocycles. The molecule has 25 heavy (non-hydrogen) atoms. The number of benzene rings is 1. The number of piperidine rings is 1. The van der Waals surface area contributed by atoms with Crippen LogP contribution in [0.15, 0.2) is 27.4 Å². The van der Waals surface area contributed by atoms with Crippen LogP contribution >= 0.6 is 11.6 Å². The Bertz CT molecular complexity index is 838. The number of nitrogens with zero attached hydrogens (tertiary/aromatic N) is 3. The molecule has 2 aliphatic rings. The van der Waals surface area contributed by atoms with Crippen LogP contribution in [0.5, 0.6) is 0 Å². The van der Waals surface area contributed by atoms with Crippen LogP contribution < -0.4 is 5.76 Å². The molecule has 6 nitrogen and oxygen atoms in total. The average molecular weight is 364 g/mol. The zero-order valence-electron chi connectivity index (χ0n) is 14.1. The smallest absolute Gasteiger partial charge is 0.408 e. The van der Waals surface area contributed by atoms with Crippen molar-refractivity contribution >= 4 is 28.6 Å². The molecular weight excluding hydrogens is 342 g/mol. The maximum atomic E-state index is 12.4. The van der Waals surface area contributed by atoms with E-state index in [1.807, 2.05) is 4.90 Å². The molecule has 0 aliphatic carbocycles. The molecule has 0 bridgehead atoms. The zero-order valence-corrected chi connectivity index (χ0v) is 14.9. The van der Waals surface area contributed by atoms with Gasteiger partial charge in [0.15, 0.2) is 5.58 Å². The van der Waals surface area contributed by atoms with Gasteiger partial charge in [0.1, 0.15) is 0 Å². The fourth-order valence-corrected chi connectivity index (χ4v) is 4.16. The van der Waals surface area contributed by atoms with Crippen LogP contribution in [0.1, 0.15) is 31.7 Å². The molecule has 1 aromatic heterocycles. The van der Waals surface area contributed by atoms with Crippen molar-refractivity contribution in [2.45, 2.75) is 31.7 Å². The first-order valence-corrected chi connectivity index (χ1v) is 9.30. The highest BCUT2D eigenvalue weighted by Gasteiger charge is 2.28. The van der Waals surface area contributed by atoms with E-state index in [0.29, 0.717) is 23.7 Å². The summed E-state index contributed by atoms with van der Waals surface area (Å²) in [6.07, 6.45) is 4.06. The Hall–Kier alpha value is -1.79. The second kappa shape index (κ2) is 6.84. The summed E-state index contributed by atoms with van der Waals surface area (Å²) in [5.41, 5.74) is 1.29. The van der Waals surface area contributed by atoms with Crippen LogP contribution in [0.25, 0.3) is 11.1 Å². The van der Waals surface area contributed by atoms with Gasteiger partial charge in [0.2, 0.25) is 5.91 Å². The van der Waals surface area contributed by atoms with Crippen molar-refractivity contribution in [3.05, 3.63) is 33.8 Å². The lowest BCUT2D eigenvalue weighted by molar-refractivity contribution is -0.131. The molecule has 7 heteroatoms. The van der Waals surface area contributed by atoms with Crippen LogP contribution in [0.4, 0.5) is 0 Å². The summed E-state index contributed by atoms with van der Waals surface area (Å²) in [5.74, 6) is -0.152. The third kappa shape index (κ3) is 3.33. The number of hydrogen-bond acceptors (Lipinski definition) is 4. The lowest BCUT2D eigenvalue weighted by Crippen LogP contribution is -2.44. The lowest BCUT2D eigenvalue weighted by atomic mass is 10.1. The van der Waals surface area contributed by atoms with Crippen LogP contribution in [0.2, 0.25) is 5.02 Å². The van der Waals surface area contributed by atoms with E-state index < -0.39 is 0 Å². The van der Waals surface area contributed by atoms with Gasteiger partial charge in [-0.25, -0.2) is 4.79 Å². The third-order valence-corrected chi connectivity index (χ3v) is 5.47. The van der Waals surface area contributed by atoms with E-state index in [2.05, 4.69) is 4.90 Å². The van der Waals surface area contributed by atoms with Crippen LogP contribution in [0, 0.1) is 0 Å². The number of carbonyl (C=O) groups is 1. The number of fused-ring (bicyclic) bond motifs is 1. The van der Waals surface area contributed by atoms with Crippen molar-refractivity contribution in [3.8, 4) is 0 Å². The molecule has 0 N–H and O–H groups in total. The highest BCUT2D eigenvalue weighted by molar-refractivity contribution is 6.31. The maximum absolute atomic E-state index is 12.4. The summed E-state index contributed by atoms with van der Waals surface area (Å²) in [4.78, 5) is 28.9. The molecule has 2 aliphatic heterocycles. The first-order valence-electron chi connectivity index (χ1n) is 8.92. The predicted octanol–water partition coefficient (Wildman–Crippen LogP) is 2.51. The molecule has 4 rings (SSSR count). The highest BCUT2D eigenvalue weighted by Crippen LogP contribution is 2.26. The van der Waals surface area contributed by atoms with Gasteiger partial charge >= 0.3 is 5.76 Å². The second-order valence-electron chi connectivity index (χ2n) is 6.97. The van der Waals surface area contributed by atoms with E-state index in [1.54, 1.807) is 22.8 Å². The first kappa shape index (κ1) is 16.7. The van der Waals surface area contributed by atoms with E-state index in [4.69, 9.17) is 16.0 Å². The average Bonchev–Trinajstić information content (AvgIpc) is 3.22. The molecule has 134 valence electrons. The normalized spacial score (nSPS) is 22.0. The number of carbonyl (C=O) groups excluding carboxylic acids is 1. The van der Waals surface area contributed by atoms with E-state index in [-0.39, 0.29) is 17.7 Å². The molecule has 1 aromatic carbocycles. The number of hydrogen-bond donors (Lipinski definition) is 0. The minimum absolute atomic E-state index is 0.00680. The lowest BCUT2D eigenvalue weighted by Gasteiger charge is -2.33. The fourth-order valence-electron chi connectivity index (χ4n) is 4.00. The highest BCUT2D eigenvalue weighted by atomic mass is 35.5. The summed E-state index contributed by atoms with van der Waals surface area (Å²) in [6.45, 7) is 3.75. The van der Waals surface area contributed by atoms with Crippen LogP contribution in [-0.4, -0.2) is 53.0 Å². The van der Waals surface area contributed by atoms with E-state index in [0.717, 1.165) is 50.8 Å². The topological polar surface area (TPSA) is 58.7 Å². The number of aromatic nitrogens is 1. The van der Waals surface area contributed by atoms with E-state index >= 15 is 0 Å².